The normalized spacial score (nSPS) is 12.0. The predicted octanol–water partition coefficient (Wildman–Crippen LogP) is 14.2. The maximum Gasteiger partial charge on any atom is 0.0468 e. The van der Waals surface area contributed by atoms with Gasteiger partial charge in [0.05, 0.1) is 0 Å². The third-order valence-corrected chi connectivity index (χ3v) is 11.7. The Balaban J connectivity index is 1.16. The summed E-state index contributed by atoms with van der Waals surface area (Å²) in [5.74, 6) is 0. The van der Waals surface area contributed by atoms with Crippen molar-refractivity contribution in [3.63, 3.8) is 0 Å². The van der Waals surface area contributed by atoms with E-state index in [0.717, 1.165) is 17.1 Å². The first-order valence-corrected chi connectivity index (χ1v) is 18.0. The second-order valence-corrected chi connectivity index (χ2v) is 14.3. The highest BCUT2D eigenvalue weighted by atomic mass is 32.1. The van der Waals surface area contributed by atoms with Crippen LogP contribution in [0.25, 0.3) is 86.9 Å². The lowest BCUT2D eigenvalue weighted by atomic mass is 9.83. The molecule has 0 radical (unpaired) electrons. The summed E-state index contributed by atoms with van der Waals surface area (Å²) in [5, 5.41) is 2.60. The second-order valence-electron chi connectivity index (χ2n) is 13.3. The van der Waals surface area contributed by atoms with Gasteiger partial charge >= 0.3 is 0 Å². The number of thiophene rings is 1. The molecule has 50 heavy (non-hydrogen) atoms. The Hall–Kier alpha value is -6.22. The van der Waals surface area contributed by atoms with Gasteiger partial charge in [-0.05, 0) is 115 Å². The van der Waals surface area contributed by atoms with Gasteiger partial charge in [-0.15, -0.1) is 11.3 Å². The number of hydrogen-bond acceptors (Lipinski definition) is 2. The molecule has 2 aliphatic carbocycles. The van der Waals surface area contributed by atoms with Crippen LogP contribution in [0.15, 0.2) is 176 Å². The average molecular weight is 652 g/mol. The van der Waals surface area contributed by atoms with Crippen LogP contribution in [0.4, 0.5) is 17.1 Å². The quantitative estimate of drug-likeness (QED) is 0.183. The van der Waals surface area contributed by atoms with E-state index in [4.69, 9.17) is 0 Å². The third-order valence-electron chi connectivity index (χ3n) is 10.6. The molecular formula is C48H29NS. The standard InChI is InChI=1S/C48H29NS/c1-2-10-30(11-3-1)31-20-22-32(23-21-31)49(34-25-27-46-43(28-34)37-13-6-7-19-45(37)50-46)33-24-26-36-40-16-9-17-41-42-18-8-15-39(48(42)44(36)29-33)35-12-4-5-14-38(35)47(40)41/h1-29H. The summed E-state index contributed by atoms with van der Waals surface area (Å²) in [5.41, 5.74) is 18.9. The summed E-state index contributed by atoms with van der Waals surface area (Å²) < 4.78 is 2.63. The molecule has 0 fully saturated rings. The van der Waals surface area contributed by atoms with Gasteiger partial charge in [0, 0.05) is 37.2 Å². The van der Waals surface area contributed by atoms with Gasteiger partial charge in [0.1, 0.15) is 0 Å². The number of anilines is 3. The lowest BCUT2D eigenvalue weighted by Crippen LogP contribution is -2.10. The molecule has 6 bridgehead atoms. The molecule has 0 unspecified atom stereocenters. The van der Waals surface area contributed by atoms with Crippen LogP contribution >= 0.6 is 11.3 Å². The molecule has 0 saturated carbocycles. The lowest BCUT2D eigenvalue weighted by molar-refractivity contribution is 1.29. The van der Waals surface area contributed by atoms with Gasteiger partial charge < -0.3 is 4.90 Å². The fraction of sp³-hybridized carbons (Fsp3) is 0. The molecule has 8 aromatic carbocycles. The summed E-state index contributed by atoms with van der Waals surface area (Å²) in [6.07, 6.45) is 0. The summed E-state index contributed by atoms with van der Waals surface area (Å²) in [4.78, 5) is 2.43. The van der Waals surface area contributed by atoms with Crippen molar-refractivity contribution in [3.05, 3.63) is 176 Å². The van der Waals surface area contributed by atoms with Crippen LogP contribution in [0.1, 0.15) is 0 Å². The maximum atomic E-state index is 2.44. The molecule has 0 spiro atoms. The van der Waals surface area contributed by atoms with E-state index in [2.05, 4.69) is 181 Å². The Kier molecular flexibility index (Phi) is 5.89. The van der Waals surface area contributed by atoms with E-state index in [-0.39, 0.29) is 0 Å². The number of benzene rings is 8. The maximum absolute atomic E-state index is 2.44. The fourth-order valence-corrected chi connectivity index (χ4v) is 9.45. The molecule has 0 saturated heterocycles. The minimum Gasteiger partial charge on any atom is -0.310 e. The van der Waals surface area contributed by atoms with Crippen molar-refractivity contribution in [1.29, 1.82) is 0 Å². The minimum atomic E-state index is 1.13. The van der Waals surface area contributed by atoms with Crippen LogP contribution < -0.4 is 4.90 Å². The van der Waals surface area contributed by atoms with Crippen LogP contribution in [0.3, 0.4) is 0 Å². The average Bonchev–Trinajstić information content (AvgIpc) is 3.51. The van der Waals surface area contributed by atoms with Gasteiger partial charge in [0.2, 0.25) is 0 Å². The highest BCUT2D eigenvalue weighted by Crippen LogP contribution is 2.57. The Morgan fingerprint density at radius 1 is 0.300 bits per heavy atom. The van der Waals surface area contributed by atoms with E-state index in [1.807, 2.05) is 11.3 Å². The first kappa shape index (κ1) is 27.7. The van der Waals surface area contributed by atoms with Crippen LogP contribution in [0.2, 0.25) is 0 Å². The molecule has 1 heterocycles. The van der Waals surface area contributed by atoms with Crippen LogP contribution in [0.5, 0.6) is 0 Å². The van der Waals surface area contributed by atoms with Crippen LogP contribution in [0, 0.1) is 0 Å². The molecule has 11 rings (SSSR count). The van der Waals surface area contributed by atoms with Gasteiger partial charge in [-0.3, -0.25) is 0 Å². The van der Waals surface area contributed by atoms with Crippen LogP contribution in [-0.4, -0.2) is 0 Å². The van der Waals surface area contributed by atoms with Crippen molar-refractivity contribution >= 4 is 48.6 Å². The van der Waals surface area contributed by atoms with Crippen molar-refractivity contribution in [3.8, 4) is 66.8 Å². The van der Waals surface area contributed by atoms with E-state index in [1.54, 1.807) is 0 Å². The fourth-order valence-electron chi connectivity index (χ4n) is 8.37. The predicted molar refractivity (Wildman–Crippen MR) is 214 cm³/mol. The molecule has 2 aliphatic rings. The third kappa shape index (κ3) is 4.00. The zero-order chi connectivity index (χ0) is 32.8. The van der Waals surface area contributed by atoms with Crippen molar-refractivity contribution in [2.24, 2.45) is 0 Å². The molecular weight excluding hydrogens is 623 g/mol. The van der Waals surface area contributed by atoms with E-state index < -0.39 is 0 Å². The Labute approximate surface area is 295 Å². The first-order chi connectivity index (χ1) is 24.8. The van der Waals surface area contributed by atoms with E-state index in [9.17, 15) is 0 Å². The monoisotopic (exact) mass is 651 g/mol. The number of rotatable bonds is 4. The topological polar surface area (TPSA) is 3.24 Å². The van der Waals surface area contributed by atoms with Crippen LogP contribution in [-0.2, 0) is 0 Å². The van der Waals surface area contributed by atoms with Gasteiger partial charge in [-0.2, -0.15) is 0 Å². The minimum absolute atomic E-state index is 1.13. The zero-order valence-corrected chi connectivity index (χ0v) is 27.9. The van der Waals surface area contributed by atoms with Crippen molar-refractivity contribution in [2.45, 2.75) is 0 Å². The SMILES string of the molecule is c1ccc(-c2ccc(N(c3ccc4c(c3)-c3c5cccc3-c3cccc-4c3-c3ccccc3-5)c3ccc4sc5ccccc5c4c3)cc2)cc1. The number of nitrogens with zero attached hydrogens (tertiary/aromatic N) is 1. The summed E-state index contributed by atoms with van der Waals surface area (Å²) in [6.45, 7) is 0. The van der Waals surface area contributed by atoms with Gasteiger partial charge in [0.15, 0.2) is 0 Å². The lowest BCUT2D eigenvalue weighted by Gasteiger charge is -2.28. The highest BCUT2D eigenvalue weighted by Gasteiger charge is 2.31. The Bertz CT molecular complexity index is 2780. The molecule has 1 aromatic heterocycles. The molecule has 0 amide bonds. The Morgan fingerprint density at radius 2 is 0.820 bits per heavy atom. The van der Waals surface area contributed by atoms with Gasteiger partial charge in [0.25, 0.3) is 0 Å². The molecule has 2 heteroatoms. The van der Waals surface area contributed by atoms with E-state index >= 15 is 0 Å². The summed E-state index contributed by atoms with van der Waals surface area (Å²) >= 11 is 1.86. The van der Waals surface area contributed by atoms with Gasteiger partial charge in [-0.25, -0.2) is 0 Å². The summed E-state index contributed by atoms with van der Waals surface area (Å²) in [7, 11) is 0. The van der Waals surface area contributed by atoms with Crippen molar-refractivity contribution in [2.75, 3.05) is 4.90 Å². The largest absolute Gasteiger partial charge is 0.310 e. The molecule has 0 aliphatic heterocycles. The molecule has 0 N–H and O–H groups in total. The van der Waals surface area contributed by atoms with E-state index in [1.165, 1.54) is 86.9 Å². The highest BCUT2D eigenvalue weighted by molar-refractivity contribution is 7.25. The van der Waals surface area contributed by atoms with E-state index in [0.29, 0.717) is 0 Å². The smallest absolute Gasteiger partial charge is 0.0468 e. The second kappa shape index (κ2) is 10.6. The summed E-state index contributed by atoms with van der Waals surface area (Å²) in [6, 6.07) is 65.1. The molecule has 232 valence electrons. The molecule has 0 atom stereocenters. The molecule has 1 nitrogen and oxygen atoms in total. The van der Waals surface area contributed by atoms with Crippen molar-refractivity contribution < 1.29 is 0 Å². The molecule has 9 aromatic rings. The Morgan fingerprint density at radius 3 is 1.60 bits per heavy atom. The first-order valence-electron chi connectivity index (χ1n) is 17.2. The number of fused-ring (bicyclic) bond motifs is 7. The van der Waals surface area contributed by atoms with Crippen molar-refractivity contribution in [1.82, 2.24) is 0 Å². The van der Waals surface area contributed by atoms with Gasteiger partial charge in [-0.1, -0.05) is 127 Å². The zero-order valence-electron chi connectivity index (χ0n) is 27.1. The number of hydrogen-bond donors (Lipinski definition) is 0.